The van der Waals surface area contributed by atoms with Gasteiger partial charge >= 0.3 is 5.97 Å². The van der Waals surface area contributed by atoms with E-state index in [2.05, 4.69) is 0 Å². The van der Waals surface area contributed by atoms with Gasteiger partial charge in [-0.15, -0.1) is 11.3 Å². The third-order valence-corrected chi connectivity index (χ3v) is 4.09. The van der Waals surface area contributed by atoms with Gasteiger partial charge in [-0.05, 0) is 37.6 Å². The smallest absolute Gasteiger partial charge is 0.326 e. The molecule has 3 nitrogen and oxygen atoms in total. The summed E-state index contributed by atoms with van der Waals surface area (Å²) in [5.74, 6) is 0.0234. The maximum absolute atomic E-state index is 11.1. The molecule has 0 radical (unpaired) electrons. The van der Waals surface area contributed by atoms with E-state index < -0.39 is 12.0 Å². The SMILES string of the molecule is CSCCC(C(=O)O)n1c(C)csc1=S. The quantitative estimate of drug-likeness (QED) is 0.829. The zero-order chi connectivity index (χ0) is 11.4. The van der Waals surface area contributed by atoms with E-state index in [1.807, 2.05) is 18.6 Å². The molecule has 0 aliphatic heterocycles. The van der Waals surface area contributed by atoms with Crippen LogP contribution in [0.15, 0.2) is 5.38 Å². The fourth-order valence-corrected chi connectivity index (χ4v) is 3.00. The Balaban J connectivity index is 2.99. The van der Waals surface area contributed by atoms with Crippen molar-refractivity contribution in [1.29, 1.82) is 0 Å². The Kier molecular flexibility index (Phi) is 4.82. The van der Waals surface area contributed by atoms with Crippen LogP contribution in [-0.4, -0.2) is 27.7 Å². The lowest BCUT2D eigenvalue weighted by atomic mass is 10.2. The molecule has 0 amide bonds. The molecule has 1 aromatic heterocycles. The van der Waals surface area contributed by atoms with Crippen molar-refractivity contribution in [2.75, 3.05) is 12.0 Å². The maximum atomic E-state index is 11.1. The Labute approximate surface area is 102 Å². The van der Waals surface area contributed by atoms with Gasteiger partial charge in [0.15, 0.2) is 3.95 Å². The first kappa shape index (κ1) is 12.7. The summed E-state index contributed by atoms with van der Waals surface area (Å²) < 4.78 is 2.37. The fraction of sp³-hybridized carbons (Fsp3) is 0.556. The summed E-state index contributed by atoms with van der Waals surface area (Å²) in [6.45, 7) is 1.89. The van der Waals surface area contributed by atoms with Crippen LogP contribution in [0.25, 0.3) is 0 Å². The van der Waals surface area contributed by atoms with Crippen LogP contribution in [0, 0.1) is 10.9 Å². The standard InChI is InChI=1S/C9H13NO2S3/c1-6-5-15-9(13)10(6)7(8(11)12)3-4-14-2/h5,7H,3-4H2,1-2H3,(H,11,12). The normalized spacial score (nSPS) is 12.7. The molecule has 1 N–H and O–H groups in total. The topological polar surface area (TPSA) is 42.2 Å². The number of rotatable bonds is 5. The van der Waals surface area contributed by atoms with E-state index in [9.17, 15) is 4.79 Å². The minimum atomic E-state index is -0.804. The van der Waals surface area contributed by atoms with Gasteiger partial charge in [0.05, 0.1) is 0 Å². The van der Waals surface area contributed by atoms with Crippen LogP contribution in [-0.2, 0) is 4.79 Å². The first-order valence-electron chi connectivity index (χ1n) is 4.46. The minimum absolute atomic E-state index is 0.517. The molecular weight excluding hydrogens is 250 g/mol. The second-order valence-corrected chi connectivity index (χ2v) is 5.64. The van der Waals surface area contributed by atoms with Crippen LogP contribution in [0.2, 0.25) is 0 Å². The zero-order valence-corrected chi connectivity index (χ0v) is 11.0. The van der Waals surface area contributed by atoms with Gasteiger partial charge in [-0.2, -0.15) is 11.8 Å². The lowest BCUT2D eigenvalue weighted by molar-refractivity contribution is -0.141. The second kappa shape index (κ2) is 5.67. The highest BCUT2D eigenvalue weighted by molar-refractivity contribution is 7.98. The summed E-state index contributed by atoms with van der Waals surface area (Å²) in [5.41, 5.74) is 0.929. The van der Waals surface area contributed by atoms with Crippen molar-refractivity contribution in [3.8, 4) is 0 Å². The molecule has 1 atom stereocenters. The largest absolute Gasteiger partial charge is 0.480 e. The minimum Gasteiger partial charge on any atom is -0.480 e. The number of carboxylic acid groups (broad SMARTS) is 1. The van der Waals surface area contributed by atoms with E-state index in [0.717, 1.165) is 11.4 Å². The highest BCUT2D eigenvalue weighted by atomic mass is 32.2. The molecule has 1 rings (SSSR count). The van der Waals surface area contributed by atoms with Gasteiger partial charge in [0.25, 0.3) is 0 Å². The van der Waals surface area contributed by atoms with Crippen molar-refractivity contribution in [2.24, 2.45) is 0 Å². The van der Waals surface area contributed by atoms with E-state index in [0.29, 0.717) is 10.4 Å². The van der Waals surface area contributed by atoms with E-state index in [1.54, 1.807) is 16.3 Å². The summed E-state index contributed by atoms with van der Waals surface area (Å²) in [6.07, 6.45) is 2.58. The maximum Gasteiger partial charge on any atom is 0.326 e. The first-order valence-corrected chi connectivity index (χ1v) is 7.14. The van der Waals surface area contributed by atoms with Crippen molar-refractivity contribution in [3.63, 3.8) is 0 Å². The number of carboxylic acids is 1. The van der Waals surface area contributed by atoms with Crippen LogP contribution < -0.4 is 0 Å². The van der Waals surface area contributed by atoms with Crippen LogP contribution in [0.5, 0.6) is 0 Å². The van der Waals surface area contributed by atoms with Crippen LogP contribution in [0.3, 0.4) is 0 Å². The molecule has 15 heavy (non-hydrogen) atoms. The Bertz CT molecular complexity index is 396. The molecule has 0 aliphatic rings. The molecular formula is C9H13NO2S3. The molecule has 6 heteroatoms. The molecule has 1 heterocycles. The second-order valence-electron chi connectivity index (χ2n) is 3.15. The third kappa shape index (κ3) is 3.06. The van der Waals surface area contributed by atoms with Gasteiger partial charge in [-0.1, -0.05) is 0 Å². The van der Waals surface area contributed by atoms with Gasteiger partial charge in [0.1, 0.15) is 6.04 Å². The van der Waals surface area contributed by atoms with E-state index in [4.69, 9.17) is 17.3 Å². The van der Waals surface area contributed by atoms with Crippen LogP contribution in [0.1, 0.15) is 18.2 Å². The highest BCUT2D eigenvalue weighted by Gasteiger charge is 2.21. The van der Waals surface area contributed by atoms with E-state index >= 15 is 0 Å². The van der Waals surface area contributed by atoms with Gasteiger partial charge in [-0.25, -0.2) is 4.79 Å². The van der Waals surface area contributed by atoms with Crippen molar-refractivity contribution < 1.29 is 9.90 Å². The molecule has 0 saturated heterocycles. The Morgan fingerprint density at radius 2 is 2.47 bits per heavy atom. The van der Waals surface area contributed by atoms with Crippen LogP contribution in [0.4, 0.5) is 0 Å². The number of hydrogen-bond acceptors (Lipinski definition) is 4. The third-order valence-electron chi connectivity index (χ3n) is 2.10. The molecule has 1 aromatic rings. The summed E-state index contributed by atoms with van der Waals surface area (Å²) in [7, 11) is 0. The van der Waals surface area contributed by atoms with Gasteiger partial charge in [-0.3, -0.25) is 0 Å². The van der Waals surface area contributed by atoms with Crippen molar-refractivity contribution >= 4 is 41.3 Å². The van der Waals surface area contributed by atoms with Crippen molar-refractivity contribution in [3.05, 3.63) is 15.0 Å². The van der Waals surface area contributed by atoms with Gasteiger partial charge in [0, 0.05) is 11.1 Å². The van der Waals surface area contributed by atoms with Gasteiger partial charge < -0.3 is 9.67 Å². The summed E-state index contributed by atoms with van der Waals surface area (Å²) in [5, 5.41) is 11.0. The Morgan fingerprint density at radius 3 is 2.87 bits per heavy atom. The first-order chi connectivity index (χ1) is 7.07. The number of carbonyl (C=O) groups is 1. The fourth-order valence-electron chi connectivity index (χ4n) is 1.36. The zero-order valence-electron chi connectivity index (χ0n) is 8.60. The average molecular weight is 263 g/mol. The molecule has 1 unspecified atom stereocenters. The summed E-state index contributed by atoms with van der Waals surface area (Å²) in [6, 6.07) is -0.517. The number of aromatic nitrogens is 1. The molecule has 0 spiro atoms. The van der Waals surface area contributed by atoms with Gasteiger partial charge in [0.2, 0.25) is 0 Å². The summed E-state index contributed by atoms with van der Waals surface area (Å²) in [4.78, 5) is 11.1. The predicted molar refractivity (Wildman–Crippen MR) is 67.6 cm³/mol. The van der Waals surface area contributed by atoms with Crippen LogP contribution >= 0.6 is 35.3 Å². The number of thiazole rings is 1. The lowest BCUT2D eigenvalue weighted by Gasteiger charge is -2.15. The number of aliphatic carboxylic acids is 1. The monoisotopic (exact) mass is 263 g/mol. The van der Waals surface area contributed by atoms with Crippen molar-refractivity contribution in [1.82, 2.24) is 4.57 Å². The predicted octanol–water partition coefficient (Wildman–Crippen LogP) is 2.97. The molecule has 0 fully saturated rings. The van der Waals surface area contributed by atoms with E-state index in [-0.39, 0.29) is 0 Å². The molecule has 0 bridgehead atoms. The number of aryl methyl sites for hydroxylation is 1. The summed E-state index contributed by atoms with van der Waals surface area (Å²) >= 11 is 8.20. The molecule has 0 aromatic carbocycles. The molecule has 0 aliphatic carbocycles. The van der Waals surface area contributed by atoms with Crippen molar-refractivity contribution in [2.45, 2.75) is 19.4 Å². The number of nitrogens with zero attached hydrogens (tertiary/aromatic N) is 1. The number of thioether (sulfide) groups is 1. The Morgan fingerprint density at radius 1 is 1.80 bits per heavy atom. The Hall–Kier alpha value is -0.330. The number of hydrogen-bond donors (Lipinski definition) is 1. The lowest BCUT2D eigenvalue weighted by Crippen LogP contribution is -2.20. The van der Waals surface area contributed by atoms with E-state index in [1.165, 1.54) is 11.3 Å². The molecule has 84 valence electrons. The average Bonchev–Trinajstić information content (AvgIpc) is 2.49. The highest BCUT2D eigenvalue weighted by Crippen LogP contribution is 2.21. The molecule has 0 saturated carbocycles.